The van der Waals surface area contributed by atoms with Crippen LogP contribution in [0.2, 0.25) is 0 Å². The number of aryl methyl sites for hydroxylation is 1. The van der Waals surface area contributed by atoms with Gasteiger partial charge in [-0.2, -0.15) is 5.10 Å². The predicted molar refractivity (Wildman–Crippen MR) is 82.5 cm³/mol. The lowest BCUT2D eigenvalue weighted by Gasteiger charge is -2.59. The number of aromatic nitrogens is 2. The Hall–Kier alpha value is -0.480. The second-order valence-electron chi connectivity index (χ2n) is 7.55. The smallest absolute Gasteiger partial charge is 0.0625 e. The van der Waals surface area contributed by atoms with Gasteiger partial charge in [0.25, 0.3) is 0 Å². The number of hydrogen-bond acceptors (Lipinski definition) is 3. The van der Waals surface area contributed by atoms with Crippen LogP contribution < -0.4 is 5.73 Å². The molecule has 1 heterocycles. The van der Waals surface area contributed by atoms with Gasteiger partial charge in [0.1, 0.15) is 0 Å². The van der Waals surface area contributed by atoms with E-state index in [0.29, 0.717) is 11.5 Å². The number of hydrogen-bond donors (Lipinski definition) is 1. The minimum atomic E-state index is 0.362. The molecule has 4 bridgehead atoms. The fourth-order valence-electron chi connectivity index (χ4n) is 5.47. The van der Waals surface area contributed by atoms with Crippen LogP contribution in [0.15, 0.2) is 17.3 Å². The molecule has 0 aliphatic heterocycles. The molecule has 1 aromatic heterocycles. The molecule has 1 aromatic rings. The van der Waals surface area contributed by atoms with E-state index >= 15 is 0 Å². The molecule has 0 saturated heterocycles. The Morgan fingerprint density at radius 3 is 2.40 bits per heavy atom. The van der Waals surface area contributed by atoms with Crippen molar-refractivity contribution < 1.29 is 0 Å². The summed E-state index contributed by atoms with van der Waals surface area (Å²) in [5, 5.41) is 4.24. The summed E-state index contributed by atoms with van der Waals surface area (Å²) in [6.45, 7) is 0. The minimum Gasteiger partial charge on any atom is -0.326 e. The Morgan fingerprint density at radius 1 is 1.30 bits per heavy atom. The van der Waals surface area contributed by atoms with Crippen LogP contribution in [-0.4, -0.2) is 21.6 Å². The maximum atomic E-state index is 6.68. The van der Waals surface area contributed by atoms with Gasteiger partial charge in [-0.05, 0) is 61.7 Å². The number of nitrogens with zero attached hydrogens (tertiary/aromatic N) is 2. The second kappa shape index (κ2) is 4.77. The lowest BCUT2D eigenvalue weighted by Crippen LogP contribution is -2.55. The molecule has 2 N–H and O–H groups in total. The number of rotatable bonds is 4. The highest BCUT2D eigenvalue weighted by Gasteiger charge is 2.53. The van der Waals surface area contributed by atoms with Crippen molar-refractivity contribution in [2.75, 3.05) is 5.75 Å². The van der Waals surface area contributed by atoms with E-state index in [9.17, 15) is 0 Å². The lowest BCUT2D eigenvalue weighted by molar-refractivity contribution is -0.0629. The molecule has 110 valence electrons. The third-order valence-electron chi connectivity index (χ3n) is 5.98. The van der Waals surface area contributed by atoms with E-state index in [4.69, 9.17) is 5.73 Å². The number of thioether (sulfide) groups is 1. The average molecular weight is 291 g/mol. The predicted octanol–water partition coefficient (Wildman–Crippen LogP) is 3.06. The molecule has 4 fully saturated rings. The molecule has 4 aliphatic rings. The van der Waals surface area contributed by atoms with Crippen LogP contribution in [0.25, 0.3) is 0 Å². The first-order valence-corrected chi connectivity index (χ1v) is 8.98. The van der Waals surface area contributed by atoms with Gasteiger partial charge in [-0.3, -0.25) is 4.68 Å². The first kappa shape index (κ1) is 13.2. The van der Waals surface area contributed by atoms with Gasteiger partial charge in [0.2, 0.25) is 0 Å². The summed E-state index contributed by atoms with van der Waals surface area (Å²) in [6, 6.07) is 0.362. The Bertz CT molecular complexity index is 460. The van der Waals surface area contributed by atoms with E-state index in [1.165, 1.54) is 43.4 Å². The fraction of sp³-hybridized carbons (Fsp3) is 0.812. The highest BCUT2D eigenvalue weighted by Crippen LogP contribution is 2.61. The number of nitrogens with two attached hydrogens (primary N) is 1. The summed E-state index contributed by atoms with van der Waals surface area (Å²) in [7, 11) is 1.98. The van der Waals surface area contributed by atoms with Crippen LogP contribution in [0.3, 0.4) is 0 Å². The summed E-state index contributed by atoms with van der Waals surface area (Å²) in [6.07, 6.45) is 12.8. The average Bonchev–Trinajstić information content (AvgIpc) is 2.80. The SMILES string of the molecule is Cn1cc(SCC(N)C23CC4CC(CC(C4)C2)C3)cn1. The largest absolute Gasteiger partial charge is 0.326 e. The van der Waals surface area contributed by atoms with Crippen molar-refractivity contribution >= 4 is 11.8 Å². The lowest BCUT2D eigenvalue weighted by atomic mass is 9.48. The van der Waals surface area contributed by atoms with Crippen LogP contribution in [0.1, 0.15) is 38.5 Å². The first-order valence-electron chi connectivity index (χ1n) is 8.00. The fourth-order valence-corrected chi connectivity index (χ4v) is 6.54. The zero-order valence-electron chi connectivity index (χ0n) is 12.3. The third-order valence-corrected chi connectivity index (χ3v) is 7.05. The summed E-state index contributed by atoms with van der Waals surface area (Å²) >= 11 is 1.89. The van der Waals surface area contributed by atoms with E-state index in [1.807, 2.05) is 29.7 Å². The standard InChI is InChI=1S/C16H25N3S/c1-19-9-14(8-18-19)20-10-15(17)16-5-11-2-12(6-16)4-13(3-11)7-16/h8-9,11-13,15H,2-7,10,17H2,1H3. The van der Waals surface area contributed by atoms with Gasteiger partial charge in [0.15, 0.2) is 0 Å². The normalized spacial score (nSPS) is 40.2. The van der Waals surface area contributed by atoms with Crippen LogP contribution in [0, 0.1) is 23.2 Å². The molecule has 4 saturated carbocycles. The van der Waals surface area contributed by atoms with E-state index in [1.54, 1.807) is 0 Å². The molecule has 3 nitrogen and oxygen atoms in total. The molecule has 20 heavy (non-hydrogen) atoms. The molecule has 0 amide bonds. The van der Waals surface area contributed by atoms with Crippen molar-refractivity contribution in [3.05, 3.63) is 12.4 Å². The first-order chi connectivity index (χ1) is 9.63. The van der Waals surface area contributed by atoms with Gasteiger partial charge in [0.05, 0.1) is 6.20 Å². The zero-order valence-corrected chi connectivity index (χ0v) is 13.1. The van der Waals surface area contributed by atoms with Gasteiger partial charge in [-0.25, -0.2) is 0 Å². The molecule has 1 unspecified atom stereocenters. The van der Waals surface area contributed by atoms with Crippen molar-refractivity contribution in [2.45, 2.75) is 49.5 Å². The molecule has 4 aliphatic carbocycles. The molecule has 0 spiro atoms. The molecule has 4 heteroatoms. The van der Waals surface area contributed by atoms with E-state index in [0.717, 1.165) is 23.5 Å². The molecular formula is C16H25N3S. The molecule has 5 rings (SSSR count). The second-order valence-corrected chi connectivity index (χ2v) is 8.64. The summed E-state index contributed by atoms with van der Waals surface area (Å²) in [5.41, 5.74) is 7.16. The summed E-state index contributed by atoms with van der Waals surface area (Å²) < 4.78 is 1.87. The highest BCUT2D eigenvalue weighted by molar-refractivity contribution is 7.99. The monoisotopic (exact) mass is 291 g/mol. The van der Waals surface area contributed by atoms with Gasteiger partial charge < -0.3 is 5.73 Å². The third kappa shape index (κ3) is 2.21. The van der Waals surface area contributed by atoms with E-state index in [2.05, 4.69) is 11.3 Å². The zero-order chi connectivity index (χ0) is 13.7. The van der Waals surface area contributed by atoms with Crippen molar-refractivity contribution in [2.24, 2.45) is 36.0 Å². The van der Waals surface area contributed by atoms with Crippen molar-refractivity contribution in [1.82, 2.24) is 9.78 Å². The van der Waals surface area contributed by atoms with E-state index < -0.39 is 0 Å². The van der Waals surface area contributed by atoms with Crippen molar-refractivity contribution in [3.8, 4) is 0 Å². The Labute approximate surface area is 125 Å². The van der Waals surface area contributed by atoms with Crippen LogP contribution >= 0.6 is 11.8 Å². The van der Waals surface area contributed by atoms with Crippen LogP contribution in [0.5, 0.6) is 0 Å². The Balaban J connectivity index is 1.44. The topological polar surface area (TPSA) is 43.8 Å². The summed E-state index contributed by atoms with van der Waals surface area (Å²) in [5.74, 6) is 4.04. The van der Waals surface area contributed by atoms with Gasteiger partial charge in [-0.15, -0.1) is 11.8 Å². The van der Waals surface area contributed by atoms with Crippen LogP contribution in [0.4, 0.5) is 0 Å². The van der Waals surface area contributed by atoms with Gasteiger partial charge in [0, 0.05) is 29.9 Å². The van der Waals surface area contributed by atoms with Crippen LogP contribution in [-0.2, 0) is 7.05 Å². The molecular weight excluding hydrogens is 266 g/mol. The molecule has 1 atom stereocenters. The summed E-state index contributed by atoms with van der Waals surface area (Å²) in [4.78, 5) is 1.26. The molecule has 0 aromatic carbocycles. The van der Waals surface area contributed by atoms with Gasteiger partial charge >= 0.3 is 0 Å². The minimum absolute atomic E-state index is 0.362. The maximum Gasteiger partial charge on any atom is 0.0625 e. The Kier molecular flexibility index (Phi) is 3.15. The highest BCUT2D eigenvalue weighted by atomic mass is 32.2. The molecule has 0 radical (unpaired) electrons. The van der Waals surface area contributed by atoms with Gasteiger partial charge in [-0.1, -0.05) is 0 Å². The van der Waals surface area contributed by atoms with E-state index in [-0.39, 0.29) is 0 Å². The van der Waals surface area contributed by atoms with Crippen molar-refractivity contribution in [1.29, 1.82) is 0 Å². The maximum absolute atomic E-state index is 6.68. The Morgan fingerprint density at radius 2 is 1.90 bits per heavy atom. The quantitative estimate of drug-likeness (QED) is 0.867. The van der Waals surface area contributed by atoms with Crippen molar-refractivity contribution in [3.63, 3.8) is 0 Å².